The van der Waals surface area contributed by atoms with Gasteiger partial charge in [0.05, 0.1) is 11.4 Å². The van der Waals surface area contributed by atoms with E-state index in [1.807, 2.05) is 19.1 Å². The largest absolute Gasteiger partial charge is 0.324 e. The van der Waals surface area contributed by atoms with Crippen LogP contribution in [0.2, 0.25) is 0 Å². The third-order valence-electron chi connectivity index (χ3n) is 4.02. The second-order valence-electron chi connectivity index (χ2n) is 5.06. The van der Waals surface area contributed by atoms with E-state index in [1.54, 1.807) is 0 Å². The lowest BCUT2D eigenvalue weighted by molar-refractivity contribution is -0.125. The van der Waals surface area contributed by atoms with Gasteiger partial charge in [0.2, 0.25) is 5.91 Å². The average molecular weight is 311 g/mol. The Morgan fingerprint density at radius 1 is 1.44 bits per heavy atom. The maximum Gasteiger partial charge on any atom is 0.230 e. The summed E-state index contributed by atoms with van der Waals surface area (Å²) < 4.78 is 0.795. The molecule has 2 rings (SSSR count). The van der Waals surface area contributed by atoms with Crippen LogP contribution < -0.4 is 5.32 Å². The fraction of sp³-hybridized carbons (Fsp3) is 0.571. The molecule has 1 aliphatic carbocycles. The number of halogens is 1. The summed E-state index contributed by atoms with van der Waals surface area (Å²) in [5.74, 6) is 0.162. The molecule has 0 atom stereocenters. The Morgan fingerprint density at radius 3 is 2.67 bits per heavy atom. The van der Waals surface area contributed by atoms with Crippen molar-refractivity contribution in [2.75, 3.05) is 5.32 Å². The molecule has 1 heterocycles. The number of nitrogens with zero attached hydrogens (tertiary/aromatic N) is 1. The van der Waals surface area contributed by atoms with Gasteiger partial charge in [-0.05, 0) is 54.2 Å². The van der Waals surface area contributed by atoms with Gasteiger partial charge in [0.1, 0.15) is 4.60 Å². The fourth-order valence-corrected chi connectivity index (χ4v) is 3.11. The third-order valence-corrected chi connectivity index (χ3v) is 4.46. The lowest BCUT2D eigenvalue weighted by Crippen LogP contribution is -2.33. The highest BCUT2D eigenvalue weighted by molar-refractivity contribution is 9.10. The number of nitrogens with one attached hydrogen (secondary N) is 1. The van der Waals surface area contributed by atoms with Crippen LogP contribution in [0.5, 0.6) is 0 Å². The molecule has 1 saturated carbocycles. The van der Waals surface area contributed by atoms with Crippen molar-refractivity contribution in [3.05, 3.63) is 22.4 Å². The molecule has 98 valence electrons. The number of carbonyl (C=O) groups excluding carboxylic acids is 1. The summed E-state index contributed by atoms with van der Waals surface area (Å²) in [6.07, 6.45) is 5.27. The molecule has 0 spiro atoms. The van der Waals surface area contributed by atoms with Gasteiger partial charge in [-0.25, -0.2) is 4.98 Å². The van der Waals surface area contributed by atoms with E-state index >= 15 is 0 Å². The van der Waals surface area contributed by atoms with Crippen molar-refractivity contribution < 1.29 is 4.79 Å². The van der Waals surface area contributed by atoms with Crippen LogP contribution in [0.3, 0.4) is 0 Å². The van der Waals surface area contributed by atoms with E-state index in [9.17, 15) is 4.79 Å². The van der Waals surface area contributed by atoms with Crippen LogP contribution in [0.1, 0.15) is 44.7 Å². The topological polar surface area (TPSA) is 42.0 Å². The summed E-state index contributed by atoms with van der Waals surface area (Å²) in [6, 6.07) is 3.76. The standard InChI is InChI=1S/C14H19BrN2O/c1-3-14(8-4-5-9-14)13(18)17-11-6-7-12(15)16-10(11)2/h6-7H,3-5,8-9H2,1-2H3,(H,17,18). The molecule has 1 N–H and O–H groups in total. The summed E-state index contributed by atoms with van der Waals surface area (Å²) >= 11 is 3.33. The number of hydrogen-bond donors (Lipinski definition) is 1. The molecule has 1 aliphatic rings. The van der Waals surface area contributed by atoms with E-state index in [0.717, 1.165) is 35.2 Å². The molecule has 1 amide bonds. The maximum absolute atomic E-state index is 12.5. The molecule has 4 heteroatoms. The zero-order valence-electron chi connectivity index (χ0n) is 10.9. The van der Waals surface area contributed by atoms with Gasteiger partial charge in [-0.2, -0.15) is 0 Å². The van der Waals surface area contributed by atoms with Gasteiger partial charge < -0.3 is 5.32 Å². The number of aromatic nitrogens is 1. The molecule has 0 aromatic carbocycles. The summed E-state index contributed by atoms with van der Waals surface area (Å²) in [6.45, 7) is 4.02. The van der Waals surface area contributed by atoms with Crippen LogP contribution in [0, 0.1) is 12.3 Å². The highest BCUT2D eigenvalue weighted by Gasteiger charge is 2.39. The average Bonchev–Trinajstić information content (AvgIpc) is 2.82. The summed E-state index contributed by atoms with van der Waals surface area (Å²) in [5, 5.41) is 3.05. The van der Waals surface area contributed by atoms with Crippen LogP contribution >= 0.6 is 15.9 Å². The SMILES string of the molecule is CCC1(C(=O)Nc2ccc(Br)nc2C)CCCC1. The molecule has 0 unspecified atom stereocenters. The molecule has 0 radical (unpaired) electrons. The van der Waals surface area contributed by atoms with Crippen LogP contribution in [0.4, 0.5) is 5.69 Å². The minimum Gasteiger partial charge on any atom is -0.324 e. The van der Waals surface area contributed by atoms with Crippen LogP contribution in [0.25, 0.3) is 0 Å². The quantitative estimate of drug-likeness (QED) is 0.855. The molecule has 0 bridgehead atoms. The van der Waals surface area contributed by atoms with Gasteiger partial charge in [0.25, 0.3) is 0 Å². The number of pyridine rings is 1. The van der Waals surface area contributed by atoms with E-state index in [0.29, 0.717) is 0 Å². The van der Waals surface area contributed by atoms with Crippen molar-refractivity contribution in [2.24, 2.45) is 5.41 Å². The Morgan fingerprint density at radius 2 is 2.11 bits per heavy atom. The summed E-state index contributed by atoms with van der Waals surface area (Å²) in [5.41, 5.74) is 1.52. The smallest absolute Gasteiger partial charge is 0.230 e. The van der Waals surface area contributed by atoms with Crippen molar-refractivity contribution in [1.82, 2.24) is 4.98 Å². The van der Waals surface area contributed by atoms with Gasteiger partial charge in [0.15, 0.2) is 0 Å². The first-order valence-electron chi connectivity index (χ1n) is 6.52. The van der Waals surface area contributed by atoms with Gasteiger partial charge >= 0.3 is 0 Å². The van der Waals surface area contributed by atoms with E-state index in [2.05, 4.69) is 33.2 Å². The van der Waals surface area contributed by atoms with Crippen molar-refractivity contribution in [2.45, 2.75) is 46.0 Å². The highest BCUT2D eigenvalue weighted by Crippen LogP contribution is 2.41. The normalized spacial score (nSPS) is 17.7. The molecule has 3 nitrogen and oxygen atoms in total. The van der Waals surface area contributed by atoms with Crippen LogP contribution in [0.15, 0.2) is 16.7 Å². The van der Waals surface area contributed by atoms with Gasteiger partial charge in [-0.15, -0.1) is 0 Å². The molecule has 1 fully saturated rings. The molecular formula is C14H19BrN2O. The zero-order valence-corrected chi connectivity index (χ0v) is 12.5. The van der Waals surface area contributed by atoms with Crippen molar-refractivity contribution in [1.29, 1.82) is 0 Å². The molecular weight excluding hydrogens is 292 g/mol. The minimum atomic E-state index is -0.153. The minimum absolute atomic E-state index is 0.153. The van der Waals surface area contributed by atoms with Crippen molar-refractivity contribution in [3.8, 4) is 0 Å². The molecule has 0 aliphatic heterocycles. The Labute approximate surface area is 117 Å². The lowest BCUT2D eigenvalue weighted by Gasteiger charge is -2.26. The number of carbonyl (C=O) groups is 1. The number of rotatable bonds is 3. The molecule has 1 aromatic heterocycles. The fourth-order valence-electron chi connectivity index (χ4n) is 2.71. The van der Waals surface area contributed by atoms with E-state index in [1.165, 1.54) is 12.8 Å². The zero-order chi connectivity index (χ0) is 13.2. The van der Waals surface area contributed by atoms with E-state index < -0.39 is 0 Å². The Bertz CT molecular complexity index is 453. The maximum atomic E-state index is 12.5. The number of aryl methyl sites for hydroxylation is 1. The number of amides is 1. The second-order valence-corrected chi connectivity index (χ2v) is 5.87. The van der Waals surface area contributed by atoms with Gasteiger partial charge in [0, 0.05) is 5.41 Å². The monoisotopic (exact) mass is 310 g/mol. The Hall–Kier alpha value is -0.900. The Kier molecular flexibility index (Phi) is 4.05. The third kappa shape index (κ3) is 2.58. The van der Waals surface area contributed by atoms with Gasteiger partial charge in [-0.3, -0.25) is 4.79 Å². The molecule has 0 saturated heterocycles. The Balaban J connectivity index is 2.15. The predicted octanol–water partition coefficient (Wildman–Crippen LogP) is 4.06. The number of hydrogen-bond acceptors (Lipinski definition) is 2. The van der Waals surface area contributed by atoms with Crippen molar-refractivity contribution in [3.63, 3.8) is 0 Å². The highest BCUT2D eigenvalue weighted by atomic mass is 79.9. The first-order chi connectivity index (χ1) is 8.57. The summed E-state index contributed by atoms with van der Waals surface area (Å²) in [7, 11) is 0. The number of anilines is 1. The van der Waals surface area contributed by atoms with Crippen molar-refractivity contribution >= 4 is 27.5 Å². The molecule has 18 heavy (non-hydrogen) atoms. The first kappa shape index (κ1) is 13.5. The van der Waals surface area contributed by atoms with E-state index in [-0.39, 0.29) is 11.3 Å². The summed E-state index contributed by atoms with van der Waals surface area (Å²) in [4.78, 5) is 16.8. The second kappa shape index (κ2) is 5.39. The first-order valence-corrected chi connectivity index (χ1v) is 7.31. The van der Waals surface area contributed by atoms with E-state index in [4.69, 9.17) is 0 Å². The predicted molar refractivity (Wildman–Crippen MR) is 76.5 cm³/mol. The van der Waals surface area contributed by atoms with Crippen LogP contribution in [-0.2, 0) is 4.79 Å². The van der Waals surface area contributed by atoms with Crippen LogP contribution in [-0.4, -0.2) is 10.9 Å². The van der Waals surface area contributed by atoms with Gasteiger partial charge in [-0.1, -0.05) is 19.8 Å². The molecule has 1 aromatic rings. The lowest BCUT2D eigenvalue weighted by atomic mass is 9.82.